The fraction of sp³-hybridized carbons (Fsp3) is 0.952. The first-order chi connectivity index (χ1) is 34.2. The van der Waals surface area contributed by atoms with Crippen LogP contribution in [-0.4, -0.2) is 73.6 Å². The van der Waals surface area contributed by atoms with Gasteiger partial charge in [-0.1, -0.05) is 240 Å². The highest BCUT2D eigenvalue weighted by Crippen LogP contribution is 2.24. The van der Waals surface area contributed by atoms with Gasteiger partial charge in [-0.25, -0.2) is 0 Å². The molecule has 0 saturated heterocycles. The Morgan fingerprint density at radius 2 is 0.700 bits per heavy atom. The van der Waals surface area contributed by atoms with Gasteiger partial charge in [-0.05, 0) is 104 Å². The molecule has 0 aromatic heterocycles. The molecule has 0 aliphatic rings. The molecule has 70 heavy (non-hydrogen) atoms. The molecular weight excluding hydrogens is 865 g/mol. The highest BCUT2D eigenvalue weighted by atomic mass is 16.5. The van der Waals surface area contributed by atoms with E-state index < -0.39 is 0 Å². The van der Waals surface area contributed by atoms with Crippen LogP contribution in [0.4, 0.5) is 0 Å². The predicted molar refractivity (Wildman–Crippen MR) is 304 cm³/mol. The first kappa shape index (κ1) is 68.4. The van der Waals surface area contributed by atoms with Gasteiger partial charge in [-0.15, -0.1) is 0 Å². The molecule has 0 heterocycles. The van der Waals surface area contributed by atoms with Crippen LogP contribution in [0.25, 0.3) is 0 Å². The van der Waals surface area contributed by atoms with Gasteiger partial charge in [0.1, 0.15) is 6.10 Å². The number of carbonyl (C=O) groups excluding carboxylic acids is 3. The Morgan fingerprint density at radius 1 is 0.357 bits per heavy atom. The first-order valence-corrected chi connectivity index (χ1v) is 31.5. The number of ether oxygens (including phenoxy) is 2. The number of amides is 1. The maximum atomic E-state index is 13.9. The summed E-state index contributed by atoms with van der Waals surface area (Å²) in [6, 6.07) is 0.317. The summed E-state index contributed by atoms with van der Waals surface area (Å²) in [5.74, 6) is 0.919. The highest BCUT2D eigenvalue weighted by Gasteiger charge is 2.23. The Morgan fingerprint density at radius 3 is 1.16 bits per heavy atom. The lowest BCUT2D eigenvalue weighted by atomic mass is 9.95. The first-order valence-electron chi connectivity index (χ1n) is 31.5. The average Bonchev–Trinajstić information content (AvgIpc) is 3.34. The molecule has 0 aliphatic carbocycles. The molecule has 416 valence electrons. The maximum Gasteiger partial charge on any atom is 0.306 e. The van der Waals surface area contributed by atoms with Crippen molar-refractivity contribution in [1.29, 1.82) is 0 Å². The molecule has 0 radical (unpaired) electrons. The van der Waals surface area contributed by atoms with Gasteiger partial charge in [0.2, 0.25) is 5.91 Å². The molecule has 1 amide bonds. The molecule has 3 unspecified atom stereocenters. The normalized spacial score (nSPS) is 12.9. The number of unbranched alkanes of at least 4 members (excludes halogenated alkanes) is 30. The highest BCUT2D eigenvalue weighted by molar-refractivity contribution is 5.76. The van der Waals surface area contributed by atoms with Crippen molar-refractivity contribution in [2.45, 2.75) is 349 Å². The fourth-order valence-corrected chi connectivity index (χ4v) is 10.4. The molecule has 0 fully saturated rings. The Bertz CT molecular complexity index is 1110. The standard InChI is InChI=1S/C63H124N2O5/c1-8-13-18-22-24-30-37-47-58(46-36-17-12-5)57-69-62(67)53-43-34-27-25-31-38-48-59(65(56-45-55-64(6)7)61(66)52-42-29-20-15-10-3)49-39-32-26-28-35-44-54-63(68)70-60(50-40-21-16-11-4)51-41-33-23-19-14-9-2/h58-60H,8-57H2,1-7H3. The van der Waals surface area contributed by atoms with E-state index >= 15 is 0 Å². The number of hydrogen-bond donors (Lipinski definition) is 0. The minimum atomic E-state index is 0.00262. The fourth-order valence-electron chi connectivity index (χ4n) is 10.4. The second-order valence-corrected chi connectivity index (χ2v) is 22.4. The zero-order valence-corrected chi connectivity index (χ0v) is 48.5. The summed E-state index contributed by atoms with van der Waals surface area (Å²) in [6.45, 7) is 13.8. The summed E-state index contributed by atoms with van der Waals surface area (Å²) in [7, 11) is 4.27. The monoisotopic (exact) mass is 989 g/mol. The van der Waals surface area contributed by atoms with Gasteiger partial charge < -0.3 is 19.3 Å². The number of rotatable bonds is 56. The van der Waals surface area contributed by atoms with Gasteiger partial charge >= 0.3 is 11.9 Å². The number of carbonyl (C=O) groups is 3. The minimum Gasteiger partial charge on any atom is -0.465 e. The van der Waals surface area contributed by atoms with Crippen molar-refractivity contribution in [3.05, 3.63) is 0 Å². The minimum absolute atomic E-state index is 0.00262. The molecule has 0 saturated carbocycles. The number of nitrogens with zero attached hydrogens (tertiary/aromatic N) is 2. The second-order valence-electron chi connectivity index (χ2n) is 22.4. The third-order valence-corrected chi connectivity index (χ3v) is 15.1. The largest absolute Gasteiger partial charge is 0.465 e. The molecule has 0 N–H and O–H groups in total. The lowest BCUT2D eigenvalue weighted by Crippen LogP contribution is -2.41. The summed E-state index contributed by atoms with van der Waals surface area (Å²) in [6.07, 6.45) is 54.6. The molecule has 7 heteroatoms. The van der Waals surface area contributed by atoms with E-state index in [4.69, 9.17) is 9.47 Å². The molecule has 0 aromatic carbocycles. The summed E-state index contributed by atoms with van der Waals surface area (Å²) < 4.78 is 12.0. The molecule has 7 nitrogen and oxygen atoms in total. The van der Waals surface area contributed by atoms with E-state index in [-0.39, 0.29) is 18.0 Å². The Kier molecular flexibility index (Phi) is 52.4. The Balaban J connectivity index is 5.00. The van der Waals surface area contributed by atoms with Gasteiger partial charge in [0.25, 0.3) is 0 Å². The molecule has 0 spiro atoms. The predicted octanol–water partition coefficient (Wildman–Crippen LogP) is 19.3. The maximum absolute atomic E-state index is 13.9. The second kappa shape index (κ2) is 53.7. The van der Waals surface area contributed by atoms with E-state index in [1.54, 1.807) is 0 Å². The lowest BCUT2D eigenvalue weighted by Gasteiger charge is -2.33. The molecule has 3 atom stereocenters. The Hall–Kier alpha value is -1.63. The van der Waals surface area contributed by atoms with Crippen LogP contribution >= 0.6 is 0 Å². The molecular formula is C63H124N2O5. The van der Waals surface area contributed by atoms with Gasteiger partial charge in [-0.3, -0.25) is 14.4 Å². The van der Waals surface area contributed by atoms with Crippen molar-refractivity contribution >= 4 is 17.8 Å². The van der Waals surface area contributed by atoms with Crippen LogP contribution in [0.15, 0.2) is 0 Å². The van der Waals surface area contributed by atoms with E-state index in [9.17, 15) is 14.4 Å². The van der Waals surface area contributed by atoms with E-state index in [1.165, 1.54) is 186 Å². The van der Waals surface area contributed by atoms with Crippen molar-refractivity contribution < 1.29 is 23.9 Å². The third kappa shape index (κ3) is 46.2. The summed E-state index contributed by atoms with van der Waals surface area (Å²) in [5, 5.41) is 0. The van der Waals surface area contributed by atoms with Crippen LogP contribution in [0.1, 0.15) is 336 Å². The van der Waals surface area contributed by atoms with E-state index in [0.29, 0.717) is 43.7 Å². The van der Waals surface area contributed by atoms with Gasteiger partial charge in [0.05, 0.1) is 6.61 Å². The quantitative estimate of drug-likeness (QED) is 0.0446. The van der Waals surface area contributed by atoms with Crippen LogP contribution in [0, 0.1) is 5.92 Å². The molecule has 0 rings (SSSR count). The van der Waals surface area contributed by atoms with Crippen LogP contribution in [0.5, 0.6) is 0 Å². The van der Waals surface area contributed by atoms with Gasteiger partial charge in [-0.2, -0.15) is 0 Å². The van der Waals surface area contributed by atoms with Crippen LogP contribution in [0.2, 0.25) is 0 Å². The average molecular weight is 990 g/mol. The van der Waals surface area contributed by atoms with Crippen LogP contribution in [0.3, 0.4) is 0 Å². The summed E-state index contributed by atoms with van der Waals surface area (Å²) in [5.41, 5.74) is 0. The van der Waals surface area contributed by atoms with Gasteiger partial charge in [0.15, 0.2) is 0 Å². The molecule has 0 aromatic rings. The SMILES string of the molecule is CCCCCCCCCC(CCCCC)COC(=O)CCCCCCCCC(CCCCCCCCC(=O)OC(CCCCCC)CCCCCCCC)N(CCCN(C)C)C(=O)CCCCCCC. The molecule has 0 bridgehead atoms. The third-order valence-electron chi connectivity index (χ3n) is 15.1. The van der Waals surface area contributed by atoms with Crippen LogP contribution < -0.4 is 0 Å². The van der Waals surface area contributed by atoms with Crippen molar-refractivity contribution in [3.8, 4) is 0 Å². The van der Waals surface area contributed by atoms with Gasteiger partial charge in [0, 0.05) is 31.8 Å². The Labute approximate surface area is 438 Å². The van der Waals surface area contributed by atoms with E-state index in [1.807, 2.05) is 0 Å². The zero-order valence-electron chi connectivity index (χ0n) is 48.5. The number of hydrogen-bond acceptors (Lipinski definition) is 6. The van der Waals surface area contributed by atoms with Crippen molar-refractivity contribution in [2.24, 2.45) is 5.92 Å². The summed E-state index contributed by atoms with van der Waals surface area (Å²) in [4.78, 5) is 44.2. The van der Waals surface area contributed by atoms with Crippen molar-refractivity contribution in [1.82, 2.24) is 9.80 Å². The van der Waals surface area contributed by atoms with Crippen LogP contribution in [-0.2, 0) is 23.9 Å². The molecule has 0 aliphatic heterocycles. The van der Waals surface area contributed by atoms with E-state index in [2.05, 4.69) is 58.5 Å². The van der Waals surface area contributed by atoms with E-state index in [0.717, 1.165) is 109 Å². The lowest BCUT2D eigenvalue weighted by molar-refractivity contribution is -0.150. The topological polar surface area (TPSA) is 76.2 Å². The smallest absolute Gasteiger partial charge is 0.306 e. The zero-order chi connectivity index (χ0) is 51.4. The van der Waals surface area contributed by atoms with Crippen molar-refractivity contribution in [2.75, 3.05) is 33.8 Å². The summed E-state index contributed by atoms with van der Waals surface area (Å²) >= 11 is 0. The number of esters is 2. The van der Waals surface area contributed by atoms with Crippen molar-refractivity contribution in [3.63, 3.8) is 0 Å².